The van der Waals surface area contributed by atoms with Gasteiger partial charge in [0, 0.05) is 0 Å². The summed E-state index contributed by atoms with van der Waals surface area (Å²) in [4.78, 5) is 13.0. The van der Waals surface area contributed by atoms with Crippen molar-refractivity contribution in [1.29, 1.82) is 5.41 Å². The van der Waals surface area contributed by atoms with E-state index in [0.717, 1.165) is 16.7 Å². The first-order chi connectivity index (χ1) is 22.8. The minimum absolute atomic E-state index is 0.153. The fourth-order valence-electron chi connectivity index (χ4n) is 4.97. The molecule has 4 aromatic rings. The molecule has 5 atom stereocenters. The number of hydrogen-bond donors (Lipinski definition) is 1. The molecule has 246 valence electrons. The van der Waals surface area contributed by atoms with Gasteiger partial charge in [0.15, 0.2) is 0 Å². The lowest BCUT2D eigenvalue weighted by Crippen LogP contribution is -2.62. The number of nitrogens with one attached hydrogen (secondary N) is 1. The summed E-state index contributed by atoms with van der Waals surface area (Å²) in [5, 5.41) is 8.35. The molecule has 1 unspecified atom stereocenters. The number of rotatable bonds is 13. The number of carbonyl (C=O) groups excluding carboxylic acids is 1. The van der Waals surface area contributed by atoms with Gasteiger partial charge in [0.1, 0.15) is 31.0 Å². The van der Waals surface area contributed by atoms with Crippen molar-refractivity contribution in [3.63, 3.8) is 0 Å². The molecule has 1 fully saturated rings. The molecule has 0 bridgehead atoms. The Morgan fingerprint density at radius 3 is 1.53 bits per heavy atom. The van der Waals surface area contributed by atoms with Crippen molar-refractivity contribution in [2.45, 2.75) is 54.3 Å². The first-order valence-corrected chi connectivity index (χ1v) is 16.1. The zero-order chi connectivity index (χ0) is 33.1. The van der Waals surface area contributed by atoms with Gasteiger partial charge in [-0.3, -0.25) is 5.41 Å². The number of esters is 1. The molecule has 1 aliphatic rings. The molecule has 47 heavy (non-hydrogen) atoms. The van der Waals surface area contributed by atoms with Crippen LogP contribution in [0.3, 0.4) is 0 Å². The van der Waals surface area contributed by atoms with Crippen LogP contribution in [0.25, 0.3) is 0 Å². The Labute approximate surface area is 288 Å². The molecule has 5 rings (SSSR count). The minimum atomic E-state index is -2.18. The second-order valence-electron chi connectivity index (χ2n) is 10.7. The number of halogens is 3. The van der Waals surface area contributed by atoms with Gasteiger partial charge >= 0.3 is 5.97 Å². The van der Waals surface area contributed by atoms with E-state index in [4.69, 9.17) is 68.6 Å². The predicted molar refractivity (Wildman–Crippen MR) is 180 cm³/mol. The quantitative estimate of drug-likeness (QED) is 0.0662. The number of hydrogen-bond acceptors (Lipinski definition) is 8. The van der Waals surface area contributed by atoms with Crippen LogP contribution >= 0.6 is 34.8 Å². The fraction of sp³-hybridized carbons (Fsp3) is 0.278. The fourth-order valence-corrected chi connectivity index (χ4v) is 5.11. The zero-order valence-corrected chi connectivity index (χ0v) is 27.5. The van der Waals surface area contributed by atoms with Crippen LogP contribution in [0.4, 0.5) is 0 Å². The van der Waals surface area contributed by atoms with Gasteiger partial charge in [0.05, 0.1) is 25.4 Å². The van der Waals surface area contributed by atoms with Gasteiger partial charge in [-0.1, -0.05) is 144 Å². The maximum absolute atomic E-state index is 13.0. The van der Waals surface area contributed by atoms with Crippen LogP contribution in [0.15, 0.2) is 121 Å². The van der Waals surface area contributed by atoms with E-state index >= 15 is 0 Å². The SMILES string of the molecule is N=C(OC1O[C@H](COC(=O)c2ccccc2)[C@@H](OCc2ccccc2)[C@H](OCc2ccccc2)[C@@H]1OCc1ccccc1)C(Cl)(Cl)Cl. The number of alkyl halides is 3. The van der Waals surface area contributed by atoms with E-state index in [2.05, 4.69) is 0 Å². The Hall–Kier alpha value is -3.47. The molecule has 0 aliphatic carbocycles. The highest BCUT2D eigenvalue weighted by molar-refractivity contribution is 6.76. The van der Waals surface area contributed by atoms with Gasteiger partial charge in [-0.25, -0.2) is 4.79 Å². The van der Waals surface area contributed by atoms with E-state index in [-0.39, 0.29) is 26.4 Å². The Kier molecular flexibility index (Phi) is 12.7. The molecule has 0 saturated carbocycles. The Balaban J connectivity index is 1.48. The van der Waals surface area contributed by atoms with E-state index in [9.17, 15) is 4.79 Å². The van der Waals surface area contributed by atoms with Gasteiger partial charge in [0.25, 0.3) is 3.79 Å². The maximum Gasteiger partial charge on any atom is 0.338 e. The monoisotopic (exact) mass is 697 g/mol. The van der Waals surface area contributed by atoms with Crippen LogP contribution in [0.2, 0.25) is 0 Å². The summed E-state index contributed by atoms with van der Waals surface area (Å²) >= 11 is 18.0. The van der Waals surface area contributed by atoms with E-state index < -0.39 is 46.4 Å². The summed E-state index contributed by atoms with van der Waals surface area (Å²) in [6, 6.07) is 37.4. The van der Waals surface area contributed by atoms with Gasteiger partial charge in [0.2, 0.25) is 12.2 Å². The van der Waals surface area contributed by atoms with Gasteiger partial charge in [-0.05, 0) is 28.8 Å². The number of benzene rings is 4. The van der Waals surface area contributed by atoms with Crippen molar-refractivity contribution in [2.75, 3.05) is 6.61 Å². The van der Waals surface area contributed by atoms with Crippen LogP contribution < -0.4 is 0 Å². The lowest BCUT2D eigenvalue weighted by molar-refractivity contribution is -0.311. The molecule has 0 aromatic heterocycles. The Morgan fingerprint density at radius 2 is 1.06 bits per heavy atom. The van der Waals surface area contributed by atoms with Crippen LogP contribution in [0.5, 0.6) is 0 Å². The predicted octanol–water partition coefficient (Wildman–Crippen LogP) is 7.69. The van der Waals surface area contributed by atoms with Crippen LogP contribution in [0, 0.1) is 5.41 Å². The first-order valence-electron chi connectivity index (χ1n) is 14.9. The molecule has 11 heteroatoms. The van der Waals surface area contributed by atoms with Gasteiger partial charge < -0.3 is 28.4 Å². The topological polar surface area (TPSA) is 96.3 Å². The largest absolute Gasteiger partial charge is 0.459 e. The lowest BCUT2D eigenvalue weighted by atomic mass is 9.97. The smallest absolute Gasteiger partial charge is 0.338 e. The highest BCUT2D eigenvalue weighted by atomic mass is 35.6. The molecule has 0 spiro atoms. The highest BCUT2D eigenvalue weighted by Gasteiger charge is 2.51. The average Bonchev–Trinajstić information content (AvgIpc) is 3.09. The number of carbonyl (C=O) groups is 1. The molecule has 1 heterocycles. The third kappa shape index (κ3) is 10.3. The van der Waals surface area contributed by atoms with E-state index in [1.54, 1.807) is 30.3 Å². The Morgan fingerprint density at radius 1 is 0.638 bits per heavy atom. The lowest BCUT2D eigenvalue weighted by Gasteiger charge is -2.45. The van der Waals surface area contributed by atoms with Crippen molar-refractivity contribution in [1.82, 2.24) is 0 Å². The normalized spacial score (nSPS) is 21.1. The summed E-state index contributed by atoms with van der Waals surface area (Å²) < 4.78 is 35.3. The molecule has 4 aromatic carbocycles. The van der Waals surface area contributed by atoms with Crippen LogP contribution in [-0.4, -0.2) is 53.0 Å². The molecule has 1 saturated heterocycles. The maximum atomic E-state index is 13.0. The molecule has 1 N–H and O–H groups in total. The first kappa shape index (κ1) is 34.9. The summed E-state index contributed by atoms with van der Waals surface area (Å²) in [5.41, 5.74) is 3.07. The van der Waals surface area contributed by atoms with E-state index in [0.29, 0.717) is 5.56 Å². The molecule has 0 radical (unpaired) electrons. The van der Waals surface area contributed by atoms with E-state index in [1.165, 1.54) is 0 Å². The molecular weight excluding hydrogens is 665 g/mol. The zero-order valence-electron chi connectivity index (χ0n) is 25.3. The highest BCUT2D eigenvalue weighted by Crippen LogP contribution is 2.34. The second kappa shape index (κ2) is 17.1. The molecule has 8 nitrogen and oxygen atoms in total. The Bertz CT molecular complexity index is 1540. The minimum Gasteiger partial charge on any atom is -0.459 e. The molecule has 0 amide bonds. The summed E-state index contributed by atoms with van der Waals surface area (Å²) in [6.45, 7) is 0.308. The summed E-state index contributed by atoms with van der Waals surface area (Å²) in [6.07, 6.45) is -4.90. The van der Waals surface area contributed by atoms with E-state index in [1.807, 2.05) is 91.0 Å². The van der Waals surface area contributed by atoms with Gasteiger partial charge in [-0.2, -0.15) is 0 Å². The molecular formula is C36H34Cl3NO7. The van der Waals surface area contributed by atoms with Crippen molar-refractivity contribution in [3.05, 3.63) is 144 Å². The summed E-state index contributed by atoms with van der Waals surface area (Å²) in [7, 11) is 0. The van der Waals surface area contributed by atoms with Crippen molar-refractivity contribution >= 4 is 46.7 Å². The number of ether oxygens (including phenoxy) is 6. The van der Waals surface area contributed by atoms with Crippen LogP contribution in [0.1, 0.15) is 27.0 Å². The third-order valence-electron chi connectivity index (χ3n) is 7.33. The average molecular weight is 699 g/mol. The standard InChI is InChI=1S/C36H34Cl3NO7/c37-36(38,39)35(40)47-34-32(44-23-27-17-9-3-10-18-27)31(43-22-26-15-7-2-8-16-26)30(42-21-25-13-5-1-6-14-25)29(46-34)24-45-33(41)28-19-11-4-12-20-28/h1-20,29-32,34,40H,21-24H2/t29-,30-,31+,32+,34?/m1/s1. The van der Waals surface area contributed by atoms with Crippen molar-refractivity contribution in [3.8, 4) is 0 Å². The van der Waals surface area contributed by atoms with Gasteiger partial charge in [-0.15, -0.1) is 0 Å². The second-order valence-corrected chi connectivity index (χ2v) is 13.0. The third-order valence-corrected chi connectivity index (χ3v) is 7.84. The molecule has 1 aliphatic heterocycles. The van der Waals surface area contributed by atoms with Crippen LogP contribution in [-0.2, 0) is 48.2 Å². The summed E-state index contributed by atoms with van der Waals surface area (Å²) in [5.74, 6) is -1.22. The van der Waals surface area contributed by atoms with Crippen molar-refractivity contribution < 1.29 is 33.2 Å². The van der Waals surface area contributed by atoms with Crippen molar-refractivity contribution in [2.24, 2.45) is 0 Å².